The van der Waals surface area contributed by atoms with Crippen molar-refractivity contribution in [3.63, 3.8) is 0 Å². The summed E-state index contributed by atoms with van der Waals surface area (Å²) in [5, 5.41) is 5.81. The molecule has 1 unspecified atom stereocenters. The second-order valence-electron chi connectivity index (χ2n) is 3.36. The first-order valence-electron chi connectivity index (χ1n) is 4.15. The molecule has 0 spiro atoms. The summed E-state index contributed by atoms with van der Waals surface area (Å²) in [6.07, 6.45) is 2.46. The van der Waals surface area contributed by atoms with Crippen molar-refractivity contribution in [3.8, 4) is 0 Å². The SMILES string of the molecule is O=CC1(Cc2csnn2)CCOC1. The van der Waals surface area contributed by atoms with Crippen LogP contribution in [0.2, 0.25) is 0 Å². The molecule has 1 atom stereocenters. The van der Waals surface area contributed by atoms with Crippen molar-refractivity contribution in [3.05, 3.63) is 11.1 Å². The van der Waals surface area contributed by atoms with Crippen molar-refractivity contribution in [1.82, 2.24) is 9.59 Å². The molecular weight excluding hydrogens is 188 g/mol. The molecule has 1 aromatic heterocycles. The van der Waals surface area contributed by atoms with Gasteiger partial charge in [0.15, 0.2) is 0 Å². The molecule has 0 N–H and O–H groups in total. The molecule has 0 saturated carbocycles. The maximum absolute atomic E-state index is 10.9. The standard InChI is InChI=1S/C8H10N2O2S/c11-5-8(1-2-12-6-8)3-7-4-13-10-9-7/h4-5H,1-3,6H2. The molecule has 2 rings (SSSR count). The zero-order valence-corrected chi connectivity index (χ0v) is 7.92. The summed E-state index contributed by atoms with van der Waals surface area (Å²) in [7, 11) is 0. The minimum Gasteiger partial charge on any atom is -0.380 e. The Morgan fingerprint density at radius 2 is 2.69 bits per heavy atom. The fraction of sp³-hybridized carbons (Fsp3) is 0.625. The van der Waals surface area contributed by atoms with E-state index in [-0.39, 0.29) is 5.41 Å². The van der Waals surface area contributed by atoms with Gasteiger partial charge in [-0.1, -0.05) is 4.49 Å². The Hall–Kier alpha value is -0.810. The molecule has 1 aromatic rings. The normalized spacial score (nSPS) is 27.7. The number of carbonyl (C=O) groups excluding carboxylic acids is 1. The third-order valence-electron chi connectivity index (χ3n) is 2.32. The summed E-state index contributed by atoms with van der Waals surface area (Å²) >= 11 is 1.31. The number of aldehydes is 1. The first-order chi connectivity index (χ1) is 6.35. The fourth-order valence-corrected chi connectivity index (χ4v) is 1.97. The van der Waals surface area contributed by atoms with Crippen LogP contribution in [-0.2, 0) is 16.0 Å². The second-order valence-corrected chi connectivity index (χ2v) is 3.97. The summed E-state index contributed by atoms with van der Waals surface area (Å²) in [6, 6.07) is 0. The first kappa shape index (κ1) is 8.77. The van der Waals surface area contributed by atoms with Gasteiger partial charge in [-0.25, -0.2) is 0 Å². The lowest BCUT2D eigenvalue weighted by atomic mass is 9.84. The maximum Gasteiger partial charge on any atom is 0.128 e. The third-order valence-corrected chi connectivity index (χ3v) is 2.88. The van der Waals surface area contributed by atoms with Crippen LogP contribution in [0.4, 0.5) is 0 Å². The van der Waals surface area contributed by atoms with Crippen LogP contribution in [0.25, 0.3) is 0 Å². The number of carbonyl (C=O) groups is 1. The van der Waals surface area contributed by atoms with Gasteiger partial charge >= 0.3 is 0 Å². The molecule has 0 aromatic carbocycles. The molecule has 1 aliphatic rings. The van der Waals surface area contributed by atoms with E-state index in [0.29, 0.717) is 19.6 Å². The van der Waals surface area contributed by atoms with E-state index in [1.54, 1.807) is 0 Å². The average Bonchev–Trinajstić information content (AvgIpc) is 2.77. The lowest BCUT2D eigenvalue weighted by Crippen LogP contribution is -2.25. The number of rotatable bonds is 3. The highest BCUT2D eigenvalue weighted by atomic mass is 32.1. The number of nitrogens with zero attached hydrogens (tertiary/aromatic N) is 2. The Bertz CT molecular complexity index is 280. The number of ether oxygens (including phenoxy) is 1. The van der Waals surface area contributed by atoms with Crippen molar-refractivity contribution < 1.29 is 9.53 Å². The van der Waals surface area contributed by atoms with Crippen LogP contribution in [0.1, 0.15) is 12.1 Å². The number of hydrogen-bond acceptors (Lipinski definition) is 5. The van der Waals surface area contributed by atoms with Gasteiger partial charge < -0.3 is 9.53 Å². The van der Waals surface area contributed by atoms with Crippen molar-refractivity contribution in [2.45, 2.75) is 12.8 Å². The Morgan fingerprint density at radius 1 is 1.77 bits per heavy atom. The minimum absolute atomic E-state index is 0.338. The van der Waals surface area contributed by atoms with E-state index in [1.165, 1.54) is 11.5 Å². The molecule has 1 saturated heterocycles. The molecule has 0 radical (unpaired) electrons. The maximum atomic E-state index is 10.9. The third kappa shape index (κ3) is 1.76. The minimum atomic E-state index is -0.338. The molecule has 1 fully saturated rings. The van der Waals surface area contributed by atoms with Gasteiger partial charge in [-0.05, 0) is 18.0 Å². The Balaban J connectivity index is 2.10. The van der Waals surface area contributed by atoms with Crippen molar-refractivity contribution in [2.24, 2.45) is 5.41 Å². The predicted molar refractivity (Wildman–Crippen MR) is 47.5 cm³/mol. The lowest BCUT2D eigenvalue weighted by Gasteiger charge is -2.17. The average molecular weight is 198 g/mol. The van der Waals surface area contributed by atoms with Crippen LogP contribution >= 0.6 is 11.5 Å². The molecule has 0 amide bonds. The number of aromatic nitrogens is 2. The topological polar surface area (TPSA) is 52.1 Å². The van der Waals surface area contributed by atoms with E-state index in [2.05, 4.69) is 9.59 Å². The van der Waals surface area contributed by atoms with Gasteiger partial charge in [-0.2, -0.15) is 0 Å². The molecule has 4 nitrogen and oxygen atoms in total. The molecule has 2 heterocycles. The predicted octanol–water partition coefficient (Wildman–Crippen LogP) is 0.686. The fourth-order valence-electron chi connectivity index (χ4n) is 1.52. The molecule has 70 valence electrons. The molecule has 5 heteroatoms. The van der Waals surface area contributed by atoms with Gasteiger partial charge in [0.2, 0.25) is 0 Å². The highest BCUT2D eigenvalue weighted by Gasteiger charge is 2.35. The van der Waals surface area contributed by atoms with E-state index in [1.807, 2.05) is 5.38 Å². The van der Waals surface area contributed by atoms with E-state index in [0.717, 1.165) is 18.4 Å². The highest BCUT2D eigenvalue weighted by molar-refractivity contribution is 7.03. The first-order valence-corrected chi connectivity index (χ1v) is 4.98. The van der Waals surface area contributed by atoms with Crippen LogP contribution < -0.4 is 0 Å². The van der Waals surface area contributed by atoms with Gasteiger partial charge in [0, 0.05) is 18.4 Å². The summed E-state index contributed by atoms with van der Waals surface area (Å²) in [6.45, 7) is 1.20. The van der Waals surface area contributed by atoms with Gasteiger partial charge in [0.25, 0.3) is 0 Å². The van der Waals surface area contributed by atoms with Crippen LogP contribution in [0.5, 0.6) is 0 Å². The highest BCUT2D eigenvalue weighted by Crippen LogP contribution is 2.29. The number of hydrogen-bond donors (Lipinski definition) is 0. The quantitative estimate of drug-likeness (QED) is 0.670. The van der Waals surface area contributed by atoms with Gasteiger partial charge in [0.1, 0.15) is 6.29 Å². The molecule has 1 aliphatic heterocycles. The Kier molecular flexibility index (Phi) is 2.37. The van der Waals surface area contributed by atoms with Crippen LogP contribution in [0, 0.1) is 5.41 Å². The monoisotopic (exact) mass is 198 g/mol. The molecule has 0 aliphatic carbocycles. The van der Waals surface area contributed by atoms with E-state index >= 15 is 0 Å². The van der Waals surface area contributed by atoms with Gasteiger partial charge in [0.05, 0.1) is 17.7 Å². The molecule has 13 heavy (non-hydrogen) atoms. The van der Waals surface area contributed by atoms with Crippen molar-refractivity contribution in [2.75, 3.05) is 13.2 Å². The van der Waals surface area contributed by atoms with Crippen molar-refractivity contribution >= 4 is 17.8 Å². The van der Waals surface area contributed by atoms with E-state index in [4.69, 9.17) is 4.74 Å². The molecular formula is C8H10N2O2S. The zero-order valence-electron chi connectivity index (χ0n) is 7.10. The molecule has 0 bridgehead atoms. The van der Waals surface area contributed by atoms with Crippen LogP contribution in [0.3, 0.4) is 0 Å². The Labute approximate surface area is 80.1 Å². The summed E-state index contributed by atoms with van der Waals surface area (Å²) < 4.78 is 8.99. The summed E-state index contributed by atoms with van der Waals surface area (Å²) in [5.74, 6) is 0. The summed E-state index contributed by atoms with van der Waals surface area (Å²) in [4.78, 5) is 10.9. The Morgan fingerprint density at radius 3 is 3.23 bits per heavy atom. The van der Waals surface area contributed by atoms with Crippen LogP contribution in [-0.4, -0.2) is 29.1 Å². The van der Waals surface area contributed by atoms with Crippen LogP contribution in [0.15, 0.2) is 5.38 Å². The van der Waals surface area contributed by atoms with E-state index < -0.39 is 0 Å². The van der Waals surface area contributed by atoms with E-state index in [9.17, 15) is 4.79 Å². The largest absolute Gasteiger partial charge is 0.380 e. The smallest absolute Gasteiger partial charge is 0.128 e. The zero-order chi connectivity index (χ0) is 9.15. The van der Waals surface area contributed by atoms with Gasteiger partial charge in [-0.15, -0.1) is 5.10 Å². The second kappa shape index (κ2) is 3.51. The lowest BCUT2D eigenvalue weighted by molar-refractivity contribution is -0.116. The summed E-state index contributed by atoms with van der Waals surface area (Å²) in [5.41, 5.74) is 0.554. The van der Waals surface area contributed by atoms with Gasteiger partial charge in [-0.3, -0.25) is 0 Å². The van der Waals surface area contributed by atoms with Crippen molar-refractivity contribution in [1.29, 1.82) is 0 Å².